The predicted octanol–water partition coefficient (Wildman–Crippen LogP) is 1.69. The van der Waals surface area contributed by atoms with E-state index in [1.807, 2.05) is 37.4 Å². The van der Waals surface area contributed by atoms with Crippen molar-refractivity contribution in [2.24, 2.45) is 0 Å². The molecule has 0 aliphatic heterocycles. The Bertz CT molecular complexity index is 433. The molecule has 0 saturated carbocycles. The number of hydrogen-bond donors (Lipinski definition) is 2. The monoisotopic (exact) mass is 283 g/mol. The number of aliphatic carboxylic acids is 1. The van der Waals surface area contributed by atoms with E-state index in [1.54, 1.807) is 11.8 Å². The van der Waals surface area contributed by atoms with Crippen LogP contribution in [-0.4, -0.2) is 36.5 Å². The lowest BCUT2D eigenvalue weighted by Gasteiger charge is -2.14. The number of nitrogens with one attached hydrogen (secondary N) is 1. The van der Waals surface area contributed by atoms with Gasteiger partial charge in [-0.15, -0.1) is 11.8 Å². The molecular weight excluding hydrogens is 266 g/mol. The molecule has 1 amide bonds. The summed E-state index contributed by atoms with van der Waals surface area (Å²) >= 11 is 1.65. The molecule has 0 spiro atoms. The van der Waals surface area contributed by atoms with Crippen molar-refractivity contribution in [3.63, 3.8) is 0 Å². The maximum Gasteiger partial charge on any atom is 0.329 e. The lowest BCUT2D eigenvalue weighted by atomic mass is 10.1. The van der Waals surface area contributed by atoms with E-state index < -0.39 is 12.6 Å². The summed E-state index contributed by atoms with van der Waals surface area (Å²) < 4.78 is 4.72. The van der Waals surface area contributed by atoms with Crippen LogP contribution in [0.2, 0.25) is 0 Å². The van der Waals surface area contributed by atoms with E-state index in [0.29, 0.717) is 0 Å². The Morgan fingerprint density at radius 1 is 1.32 bits per heavy atom. The molecule has 6 heteroatoms. The fourth-order valence-corrected chi connectivity index (χ4v) is 1.90. The highest BCUT2D eigenvalue weighted by Gasteiger charge is 2.10. The largest absolute Gasteiger partial charge is 0.480 e. The van der Waals surface area contributed by atoms with Crippen LogP contribution in [0.15, 0.2) is 29.2 Å². The fraction of sp³-hybridized carbons (Fsp3) is 0.385. The molecule has 0 saturated heterocycles. The first-order valence-corrected chi connectivity index (χ1v) is 6.98. The van der Waals surface area contributed by atoms with Crippen molar-refractivity contribution in [3.8, 4) is 0 Å². The molecular formula is C13H17NO4S. The van der Waals surface area contributed by atoms with Crippen LogP contribution in [0.3, 0.4) is 0 Å². The van der Waals surface area contributed by atoms with Crippen LogP contribution >= 0.6 is 11.8 Å². The van der Waals surface area contributed by atoms with Crippen molar-refractivity contribution in [2.75, 3.05) is 19.5 Å². The van der Waals surface area contributed by atoms with Crippen LogP contribution in [-0.2, 0) is 14.3 Å². The van der Waals surface area contributed by atoms with Gasteiger partial charge in [-0.1, -0.05) is 12.1 Å². The van der Waals surface area contributed by atoms with Gasteiger partial charge in [0.25, 0.3) is 0 Å². The number of carboxylic acid groups (broad SMARTS) is 1. The van der Waals surface area contributed by atoms with Crippen LogP contribution in [0.25, 0.3) is 0 Å². The molecule has 19 heavy (non-hydrogen) atoms. The van der Waals surface area contributed by atoms with Crippen molar-refractivity contribution in [3.05, 3.63) is 29.8 Å². The second-order valence-electron chi connectivity index (χ2n) is 3.95. The summed E-state index contributed by atoms with van der Waals surface area (Å²) in [4.78, 5) is 22.9. The summed E-state index contributed by atoms with van der Waals surface area (Å²) in [6.07, 6.45) is 2.00. The normalized spacial score (nSPS) is 11.9. The van der Waals surface area contributed by atoms with Crippen molar-refractivity contribution in [1.82, 2.24) is 5.32 Å². The molecule has 2 N–H and O–H groups in total. The van der Waals surface area contributed by atoms with Crippen molar-refractivity contribution >= 4 is 23.6 Å². The maximum atomic E-state index is 11.5. The van der Waals surface area contributed by atoms with E-state index in [4.69, 9.17) is 9.84 Å². The Labute approximate surface area is 116 Å². The highest BCUT2D eigenvalue weighted by molar-refractivity contribution is 7.98. The number of carbonyl (C=O) groups excluding carboxylic acids is 1. The predicted molar refractivity (Wildman–Crippen MR) is 73.2 cm³/mol. The highest BCUT2D eigenvalue weighted by Crippen LogP contribution is 2.18. The molecule has 0 aliphatic carbocycles. The minimum Gasteiger partial charge on any atom is -0.480 e. The minimum absolute atomic E-state index is 0.142. The van der Waals surface area contributed by atoms with Crippen LogP contribution < -0.4 is 5.32 Å². The molecule has 1 unspecified atom stereocenters. The Morgan fingerprint density at radius 3 is 2.47 bits per heavy atom. The van der Waals surface area contributed by atoms with Gasteiger partial charge in [0, 0.05) is 4.90 Å². The van der Waals surface area contributed by atoms with Gasteiger partial charge in [0.15, 0.2) is 0 Å². The highest BCUT2D eigenvalue weighted by atomic mass is 32.2. The van der Waals surface area contributed by atoms with E-state index in [2.05, 4.69) is 5.32 Å². The quantitative estimate of drug-likeness (QED) is 0.745. The number of carboxylic acids is 1. The number of thioether (sulfide) groups is 1. The molecule has 5 nitrogen and oxygen atoms in total. The summed E-state index contributed by atoms with van der Waals surface area (Å²) in [7, 11) is 0. The zero-order valence-electron chi connectivity index (χ0n) is 10.9. The van der Waals surface area contributed by atoms with Gasteiger partial charge in [-0.3, -0.25) is 4.79 Å². The standard InChI is InChI=1S/C13H17NO4S/c1-9(10-3-5-11(19-2)6-4-10)14-12(15)7-18-8-13(16)17/h3-6,9H,7-8H2,1-2H3,(H,14,15)(H,16,17). The molecule has 0 heterocycles. The van der Waals surface area contributed by atoms with E-state index in [-0.39, 0.29) is 18.6 Å². The Balaban J connectivity index is 2.42. The van der Waals surface area contributed by atoms with Crippen LogP contribution in [0, 0.1) is 0 Å². The molecule has 0 radical (unpaired) electrons. The first-order chi connectivity index (χ1) is 9.02. The third kappa shape index (κ3) is 5.76. The zero-order valence-corrected chi connectivity index (χ0v) is 11.7. The van der Waals surface area contributed by atoms with Crippen LogP contribution in [0.1, 0.15) is 18.5 Å². The lowest BCUT2D eigenvalue weighted by molar-refractivity contribution is -0.143. The molecule has 0 bridgehead atoms. The van der Waals surface area contributed by atoms with E-state index in [9.17, 15) is 9.59 Å². The summed E-state index contributed by atoms with van der Waals surface area (Å²) in [6, 6.07) is 7.74. The summed E-state index contributed by atoms with van der Waals surface area (Å²) in [6.45, 7) is 1.15. The van der Waals surface area contributed by atoms with E-state index >= 15 is 0 Å². The van der Waals surface area contributed by atoms with E-state index in [0.717, 1.165) is 10.5 Å². The topological polar surface area (TPSA) is 75.6 Å². The van der Waals surface area contributed by atoms with Gasteiger partial charge >= 0.3 is 5.97 Å². The van der Waals surface area contributed by atoms with Gasteiger partial charge < -0.3 is 15.2 Å². The van der Waals surface area contributed by atoms with Crippen LogP contribution in [0.5, 0.6) is 0 Å². The Morgan fingerprint density at radius 2 is 1.95 bits per heavy atom. The first kappa shape index (κ1) is 15.5. The van der Waals surface area contributed by atoms with Gasteiger partial charge in [-0.25, -0.2) is 4.79 Å². The second kappa shape index (κ2) is 7.81. The second-order valence-corrected chi connectivity index (χ2v) is 4.83. The van der Waals surface area contributed by atoms with Gasteiger partial charge in [-0.2, -0.15) is 0 Å². The average Bonchev–Trinajstić information content (AvgIpc) is 2.38. The molecule has 0 fully saturated rings. The number of ether oxygens (including phenoxy) is 1. The third-order valence-corrected chi connectivity index (χ3v) is 3.20. The van der Waals surface area contributed by atoms with Crippen molar-refractivity contribution in [2.45, 2.75) is 17.9 Å². The summed E-state index contributed by atoms with van der Waals surface area (Å²) in [5.41, 5.74) is 0.990. The third-order valence-electron chi connectivity index (χ3n) is 2.45. The number of carbonyl (C=O) groups is 2. The van der Waals surface area contributed by atoms with Gasteiger partial charge in [0.1, 0.15) is 13.2 Å². The van der Waals surface area contributed by atoms with E-state index in [1.165, 1.54) is 0 Å². The smallest absolute Gasteiger partial charge is 0.329 e. The lowest BCUT2D eigenvalue weighted by Crippen LogP contribution is -2.30. The molecule has 1 aromatic rings. The first-order valence-electron chi connectivity index (χ1n) is 5.75. The average molecular weight is 283 g/mol. The van der Waals surface area contributed by atoms with Crippen LogP contribution in [0.4, 0.5) is 0 Å². The zero-order chi connectivity index (χ0) is 14.3. The fourth-order valence-electron chi connectivity index (χ4n) is 1.49. The molecule has 1 rings (SSSR count). The summed E-state index contributed by atoms with van der Waals surface area (Å²) in [5, 5.41) is 11.1. The maximum absolute atomic E-state index is 11.5. The van der Waals surface area contributed by atoms with Gasteiger partial charge in [-0.05, 0) is 30.9 Å². The number of amides is 1. The number of benzene rings is 1. The summed E-state index contributed by atoms with van der Waals surface area (Å²) in [5.74, 6) is -1.42. The van der Waals surface area contributed by atoms with Crippen molar-refractivity contribution in [1.29, 1.82) is 0 Å². The Hall–Kier alpha value is -1.53. The van der Waals surface area contributed by atoms with Crippen molar-refractivity contribution < 1.29 is 19.4 Å². The molecule has 0 aliphatic rings. The molecule has 104 valence electrons. The minimum atomic E-state index is -1.09. The number of rotatable bonds is 7. The Kier molecular flexibility index (Phi) is 6.38. The van der Waals surface area contributed by atoms with Gasteiger partial charge in [0.05, 0.1) is 6.04 Å². The molecule has 1 aromatic carbocycles. The molecule has 0 aromatic heterocycles. The SMILES string of the molecule is CSc1ccc(C(C)NC(=O)COCC(=O)O)cc1. The number of hydrogen-bond acceptors (Lipinski definition) is 4. The molecule has 1 atom stereocenters. The van der Waals surface area contributed by atoms with Gasteiger partial charge in [0.2, 0.25) is 5.91 Å².